The fourth-order valence-corrected chi connectivity index (χ4v) is 2.85. The van der Waals surface area contributed by atoms with Crippen LogP contribution in [-0.4, -0.2) is 5.84 Å². The van der Waals surface area contributed by atoms with E-state index in [1.165, 1.54) is 36.4 Å². The molecule has 1 N–H and O–H groups in total. The van der Waals surface area contributed by atoms with E-state index >= 15 is 0 Å². The third-order valence-electron chi connectivity index (χ3n) is 4.19. The van der Waals surface area contributed by atoms with E-state index in [4.69, 9.17) is 0 Å². The fourth-order valence-electron chi connectivity index (χ4n) is 2.85. The van der Waals surface area contributed by atoms with E-state index in [1.807, 2.05) is 0 Å². The highest BCUT2D eigenvalue weighted by molar-refractivity contribution is 5.99. The summed E-state index contributed by atoms with van der Waals surface area (Å²) in [4.78, 5) is 4.06. The number of nitrogens with zero attached hydrogens (tertiary/aromatic N) is 1. The highest BCUT2D eigenvalue weighted by atomic mass is 19.4. The molecule has 0 spiro atoms. The van der Waals surface area contributed by atoms with E-state index in [0.717, 1.165) is 12.1 Å². The van der Waals surface area contributed by atoms with Crippen LogP contribution in [0.3, 0.4) is 0 Å². The fraction of sp³-hybridized carbons (Fsp3) is 0.136. The molecule has 0 atom stereocenters. The number of benzene rings is 3. The number of rotatable bonds is 4. The van der Waals surface area contributed by atoms with Gasteiger partial charge in [0.05, 0.1) is 22.5 Å². The molecule has 0 radical (unpaired) electrons. The van der Waals surface area contributed by atoms with Crippen molar-refractivity contribution in [1.82, 2.24) is 0 Å². The number of halogens is 6. The molecule has 30 heavy (non-hydrogen) atoms. The second kappa shape index (κ2) is 8.61. The molecular formula is C22H16F6N2. The Kier molecular flexibility index (Phi) is 6.14. The first-order valence-corrected chi connectivity index (χ1v) is 8.85. The molecular weight excluding hydrogens is 406 g/mol. The van der Waals surface area contributed by atoms with Gasteiger partial charge in [-0.25, -0.2) is 4.99 Å². The first-order chi connectivity index (χ1) is 14.1. The molecule has 0 unspecified atom stereocenters. The van der Waals surface area contributed by atoms with Crippen LogP contribution in [0.15, 0.2) is 83.9 Å². The maximum Gasteiger partial charge on any atom is 0.418 e. The summed E-state index contributed by atoms with van der Waals surface area (Å²) >= 11 is 0. The van der Waals surface area contributed by atoms with E-state index in [1.54, 1.807) is 30.3 Å². The SMILES string of the molecule is FC(F)(F)c1ccccc1N=C(Cc1ccccc1)Nc1ccccc1C(F)(F)F. The summed E-state index contributed by atoms with van der Waals surface area (Å²) in [5, 5.41) is 2.59. The average molecular weight is 422 g/mol. The topological polar surface area (TPSA) is 24.4 Å². The number of hydrogen-bond donors (Lipinski definition) is 1. The van der Waals surface area contributed by atoms with Crippen molar-refractivity contribution >= 4 is 17.2 Å². The molecule has 0 fully saturated rings. The van der Waals surface area contributed by atoms with Crippen LogP contribution in [0.1, 0.15) is 16.7 Å². The van der Waals surface area contributed by atoms with Gasteiger partial charge in [-0.1, -0.05) is 54.6 Å². The van der Waals surface area contributed by atoms with Crippen LogP contribution in [-0.2, 0) is 18.8 Å². The minimum absolute atomic E-state index is 0.0131. The van der Waals surface area contributed by atoms with Gasteiger partial charge in [-0.05, 0) is 29.8 Å². The molecule has 3 aromatic rings. The minimum Gasteiger partial charge on any atom is -0.343 e. The molecule has 0 aliphatic rings. The largest absolute Gasteiger partial charge is 0.418 e. The third kappa shape index (κ3) is 5.40. The lowest BCUT2D eigenvalue weighted by Gasteiger charge is -2.17. The molecule has 0 heterocycles. The Hall–Kier alpha value is -3.29. The number of alkyl halides is 6. The molecule has 156 valence electrons. The highest BCUT2D eigenvalue weighted by Crippen LogP contribution is 2.37. The minimum atomic E-state index is -4.65. The van der Waals surface area contributed by atoms with Crippen LogP contribution >= 0.6 is 0 Å². The summed E-state index contributed by atoms with van der Waals surface area (Å²) in [7, 11) is 0. The van der Waals surface area contributed by atoms with E-state index in [-0.39, 0.29) is 23.6 Å². The van der Waals surface area contributed by atoms with Crippen LogP contribution in [0.4, 0.5) is 37.7 Å². The number of hydrogen-bond acceptors (Lipinski definition) is 1. The lowest BCUT2D eigenvalue weighted by atomic mass is 10.1. The summed E-state index contributed by atoms with van der Waals surface area (Å²) in [5.41, 5.74) is -1.90. The smallest absolute Gasteiger partial charge is 0.343 e. The number of aliphatic imine (C=N–C) groups is 1. The lowest BCUT2D eigenvalue weighted by Crippen LogP contribution is -2.19. The van der Waals surface area contributed by atoms with Gasteiger partial charge in [-0.3, -0.25) is 0 Å². The molecule has 0 saturated carbocycles. The Morgan fingerprint density at radius 1 is 0.667 bits per heavy atom. The monoisotopic (exact) mass is 422 g/mol. The van der Waals surface area contributed by atoms with Crippen LogP contribution in [0.25, 0.3) is 0 Å². The normalized spacial score (nSPS) is 12.7. The second-order valence-corrected chi connectivity index (χ2v) is 6.40. The molecule has 0 aliphatic carbocycles. The molecule has 3 rings (SSSR count). The van der Waals surface area contributed by atoms with Gasteiger partial charge < -0.3 is 5.32 Å². The Bertz CT molecular complexity index is 1020. The molecule has 0 amide bonds. The van der Waals surface area contributed by atoms with Crippen molar-refractivity contribution < 1.29 is 26.3 Å². The molecule has 0 aromatic heterocycles. The van der Waals surface area contributed by atoms with Crippen molar-refractivity contribution in [3.05, 3.63) is 95.6 Å². The average Bonchev–Trinajstić information content (AvgIpc) is 2.68. The van der Waals surface area contributed by atoms with Crippen LogP contribution < -0.4 is 5.32 Å². The van der Waals surface area contributed by atoms with Crippen molar-refractivity contribution in [3.63, 3.8) is 0 Å². The molecule has 0 aliphatic heterocycles. The van der Waals surface area contributed by atoms with Gasteiger partial charge in [-0.15, -0.1) is 0 Å². The zero-order valence-corrected chi connectivity index (χ0v) is 15.4. The maximum absolute atomic E-state index is 13.3. The van der Waals surface area contributed by atoms with Crippen LogP contribution in [0, 0.1) is 0 Å². The van der Waals surface area contributed by atoms with Crippen molar-refractivity contribution in [1.29, 1.82) is 0 Å². The Labute approximate surface area is 168 Å². The van der Waals surface area contributed by atoms with E-state index < -0.39 is 23.5 Å². The van der Waals surface area contributed by atoms with Gasteiger partial charge in [0.25, 0.3) is 0 Å². The van der Waals surface area contributed by atoms with Gasteiger partial charge in [-0.2, -0.15) is 26.3 Å². The summed E-state index contributed by atoms with van der Waals surface area (Å²) in [6.45, 7) is 0. The zero-order chi connectivity index (χ0) is 21.8. The predicted molar refractivity (Wildman–Crippen MR) is 104 cm³/mol. The lowest BCUT2D eigenvalue weighted by molar-refractivity contribution is -0.137. The quantitative estimate of drug-likeness (QED) is 0.270. The summed E-state index contributed by atoms with van der Waals surface area (Å²) in [6, 6.07) is 18.0. The van der Waals surface area contributed by atoms with Gasteiger partial charge in [0.2, 0.25) is 0 Å². The first kappa shape index (κ1) is 21.4. The standard InChI is InChI=1S/C22H16F6N2/c23-21(24,25)16-10-4-6-12-18(16)29-20(14-15-8-2-1-3-9-15)30-19-13-7-5-11-17(19)22(26,27)28/h1-13H,14H2,(H,29,30). The van der Waals surface area contributed by atoms with Crippen molar-refractivity contribution in [2.24, 2.45) is 4.99 Å². The number of para-hydroxylation sites is 2. The van der Waals surface area contributed by atoms with Gasteiger partial charge in [0.15, 0.2) is 0 Å². The zero-order valence-electron chi connectivity index (χ0n) is 15.4. The summed E-state index contributed by atoms with van der Waals surface area (Å²) < 4.78 is 80.0. The number of nitrogens with one attached hydrogen (secondary N) is 1. The van der Waals surface area contributed by atoms with Crippen molar-refractivity contribution in [2.45, 2.75) is 18.8 Å². The number of anilines is 1. The van der Waals surface area contributed by atoms with Gasteiger partial charge in [0.1, 0.15) is 5.84 Å². The Morgan fingerprint density at radius 3 is 1.83 bits per heavy atom. The third-order valence-corrected chi connectivity index (χ3v) is 4.19. The van der Waals surface area contributed by atoms with E-state index in [2.05, 4.69) is 10.3 Å². The van der Waals surface area contributed by atoms with Gasteiger partial charge in [0, 0.05) is 6.42 Å². The van der Waals surface area contributed by atoms with E-state index in [0.29, 0.717) is 5.56 Å². The maximum atomic E-state index is 13.3. The van der Waals surface area contributed by atoms with Crippen molar-refractivity contribution in [3.8, 4) is 0 Å². The summed E-state index contributed by atoms with van der Waals surface area (Å²) in [6.07, 6.45) is -9.27. The van der Waals surface area contributed by atoms with Crippen LogP contribution in [0.2, 0.25) is 0 Å². The molecule has 8 heteroatoms. The van der Waals surface area contributed by atoms with Crippen LogP contribution in [0.5, 0.6) is 0 Å². The highest BCUT2D eigenvalue weighted by Gasteiger charge is 2.34. The Morgan fingerprint density at radius 2 is 1.20 bits per heavy atom. The first-order valence-electron chi connectivity index (χ1n) is 8.85. The predicted octanol–water partition coefficient (Wildman–Crippen LogP) is 7.11. The Balaban J connectivity index is 2.07. The molecule has 0 saturated heterocycles. The molecule has 3 aromatic carbocycles. The van der Waals surface area contributed by atoms with Gasteiger partial charge >= 0.3 is 12.4 Å². The second-order valence-electron chi connectivity index (χ2n) is 6.40. The molecule has 2 nitrogen and oxygen atoms in total. The number of amidine groups is 1. The molecule has 0 bridgehead atoms. The van der Waals surface area contributed by atoms with E-state index in [9.17, 15) is 26.3 Å². The summed E-state index contributed by atoms with van der Waals surface area (Å²) in [5.74, 6) is -0.0467. The van der Waals surface area contributed by atoms with Crippen molar-refractivity contribution in [2.75, 3.05) is 5.32 Å².